The Hall–Kier alpha value is -2.86. The van der Waals surface area contributed by atoms with Gasteiger partial charge in [-0.1, -0.05) is 30.4 Å². The number of hydrogen-bond acceptors (Lipinski definition) is 9. The molecule has 2 aliphatic heterocycles. The van der Waals surface area contributed by atoms with Crippen molar-refractivity contribution in [2.24, 2.45) is 0 Å². The highest BCUT2D eigenvalue weighted by Crippen LogP contribution is 2.58. The van der Waals surface area contributed by atoms with E-state index in [1.54, 1.807) is 31.2 Å². The van der Waals surface area contributed by atoms with Gasteiger partial charge >= 0.3 is 10.1 Å². The molecule has 0 radical (unpaired) electrons. The zero-order valence-electron chi connectivity index (χ0n) is 22.7. The van der Waals surface area contributed by atoms with Crippen molar-refractivity contribution in [1.82, 2.24) is 9.96 Å². The van der Waals surface area contributed by atoms with Gasteiger partial charge in [0.15, 0.2) is 17.3 Å². The number of nitriles is 1. The first-order valence-electron chi connectivity index (χ1n) is 13.3. The lowest BCUT2D eigenvalue weighted by Crippen LogP contribution is -2.54. The third-order valence-electron chi connectivity index (χ3n) is 7.36. The van der Waals surface area contributed by atoms with Crippen molar-refractivity contribution in [2.75, 3.05) is 18.8 Å². The van der Waals surface area contributed by atoms with Crippen molar-refractivity contribution >= 4 is 71.0 Å². The minimum atomic E-state index is -4.09. The van der Waals surface area contributed by atoms with E-state index in [2.05, 4.69) is 16.4 Å². The summed E-state index contributed by atoms with van der Waals surface area (Å²) in [6.45, 7) is 10.6. The van der Waals surface area contributed by atoms with Crippen LogP contribution in [-0.2, 0) is 31.1 Å². The zero-order valence-corrected chi connectivity index (χ0v) is 26.0. The molecule has 0 bridgehead atoms. The zero-order chi connectivity index (χ0) is 30.1. The van der Waals surface area contributed by atoms with Crippen LogP contribution >= 0.6 is 23.1 Å². The van der Waals surface area contributed by atoms with Crippen LogP contribution in [0.4, 0.5) is 11.4 Å². The van der Waals surface area contributed by atoms with Crippen LogP contribution in [0.25, 0.3) is 21.1 Å². The lowest BCUT2D eigenvalue weighted by molar-refractivity contribution is -0.669. The summed E-state index contributed by atoms with van der Waals surface area (Å²) >= 11 is 2.96. The topological polar surface area (TPSA) is 142 Å². The lowest BCUT2D eigenvalue weighted by Gasteiger charge is -2.35. The summed E-state index contributed by atoms with van der Waals surface area (Å²) < 4.78 is 67.0. The van der Waals surface area contributed by atoms with Gasteiger partial charge in [-0.3, -0.25) is 4.55 Å². The summed E-state index contributed by atoms with van der Waals surface area (Å²) in [4.78, 5) is 4.46. The number of fused-ring (bicyclic) bond motifs is 3. The molecule has 11 nitrogen and oxygen atoms in total. The van der Waals surface area contributed by atoms with Gasteiger partial charge in [-0.25, -0.2) is 9.33 Å². The molecule has 42 heavy (non-hydrogen) atoms. The predicted octanol–water partition coefficient (Wildman–Crippen LogP) is 4.68. The summed E-state index contributed by atoms with van der Waals surface area (Å²) in [7, 11) is -8.16. The number of hydrogen-bond donors (Lipinski definition) is 2. The highest BCUT2D eigenvalue weighted by Gasteiger charge is 2.59. The Morgan fingerprint density at radius 1 is 1.26 bits per heavy atom. The Balaban J connectivity index is 1.66. The quantitative estimate of drug-likeness (QED) is 0.0801. The highest BCUT2D eigenvalue weighted by molar-refractivity contribution is 8.03. The smallest absolute Gasteiger partial charge is 0.286 e. The van der Waals surface area contributed by atoms with E-state index in [1.807, 2.05) is 22.8 Å². The number of nitrogens with zero attached hydrogens (tertiary/aromatic N) is 4. The molecule has 0 amide bonds. The second kappa shape index (κ2) is 12.0. The van der Waals surface area contributed by atoms with Crippen molar-refractivity contribution in [3.63, 3.8) is 0 Å². The number of aryl methyl sites for hydroxylation is 1. The molecule has 2 N–H and O–H groups in total. The van der Waals surface area contributed by atoms with Crippen molar-refractivity contribution in [3.05, 3.63) is 63.4 Å². The average Bonchev–Trinajstić information content (AvgIpc) is 3.64. The van der Waals surface area contributed by atoms with E-state index in [0.717, 1.165) is 30.8 Å². The summed E-state index contributed by atoms with van der Waals surface area (Å²) in [5.74, 6) is -0.352. The molecule has 1 spiro atoms. The molecule has 15 heteroatoms. The first kappa shape index (κ1) is 30.6. The second-order valence-electron chi connectivity index (χ2n) is 9.99. The van der Waals surface area contributed by atoms with Gasteiger partial charge in [-0.15, -0.1) is 0 Å². The maximum absolute atomic E-state index is 13.5. The normalized spacial score (nSPS) is 21.1. The molecule has 0 aliphatic carbocycles. The number of aromatic nitrogens is 1. The van der Waals surface area contributed by atoms with Gasteiger partial charge < -0.3 is 0 Å². The molecule has 1 aromatic heterocycles. The third kappa shape index (κ3) is 5.84. The molecule has 0 saturated carbocycles. The lowest BCUT2D eigenvalue weighted by atomic mass is 10.2. The first-order valence-corrected chi connectivity index (χ1v) is 18.0. The Morgan fingerprint density at radius 2 is 2.07 bits per heavy atom. The van der Waals surface area contributed by atoms with Crippen LogP contribution < -0.4 is 14.5 Å². The van der Waals surface area contributed by atoms with Crippen LogP contribution in [0.3, 0.4) is 0 Å². The Bertz CT molecular complexity index is 1870. The summed E-state index contributed by atoms with van der Waals surface area (Å²) in [5.41, 5.74) is 4.95. The van der Waals surface area contributed by atoms with Gasteiger partial charge in [0.1, 0.15) is 10.4 Å². The van der Waals surface area contributed by atoms with Gasteiger partial charge in [-0.05, 0) is 30.3 Å². The number of thioether (sulfide) groups is 1. The maximum Gasteiger partial charge on any atom is 0.338 e. The number of thiazole rings is 1. The van der Waals surface area contributed by atoms with E-state index in [1.165, 1.54) is 23.1 Å². The third-order valence-corrected chi connectivity index (χ3v) is 12.1. The van der Waals surface area contributed by atoms with E-state index in [0.29, 0.717) is 50.1 Å². The molecule has 2 aliphatic rings. The molecular formula is C27H29N5O6S4+2. The number of hydroxylamine groups is 1. The van der Waals surface area contributed by atoms with E-state index in [9.17, 15) is 26.7 Å². The van der Waals surface area contributed by atoms with Gasteiger partial charge in [0.25, 0.3) is 15.1 Å². The fourth-order valence-electron chi connectivity index (χ4n) is 5.57. The minimum absolute atomic E-state index is 0.0114. The molecule has 2 atom stereocenters. The van der Waals surface area contributed by atoms with Gasteiger partial charge in [0.2, 0.25) is 10.9 Å². The minimum Gasteiger partial charge on any atom is -0.286 e. The molecule has 2 aromatic carbocycles. The predicted molar refractivity (Wildman–Crippen MR) is 162 cm³/mol. The van der Waals surface area contributed by atoms with Crippen LogP contribution in [0.1, 0.15) is 43.2 Å². The monoisotopic (exact) mass is 647 g/mol. The number of unbranched alkanes of at least 4 members (excludes halogenated alkanes) is 1. The van der Waals surface area contributed by atoms with Crippen molar-refractivity contribution in [2.45, 2.75) is 49.4 Å². The van der Waals surface area contributed by atoms with E-state index < -0.39 is 25.6 Å². The number of nitrogens with one attached hydrogen (secondary N) is 1. The summed E-state index contributed by atoms with van der Waals surface area (Å²) in [6.07, 6.45) is 3.69. The standard InChI is InChI=1S/C27H28N5O6S4/c1-3-30-38-42(36,37)27-7-6-13-32(27)22-16-20(29-2)9-11-24(22)40-26(32)17-25-31(12-4-5-14-41(33,34)35)21-15-19(18-28)8-10-23(21)39-25/h8-11,15-17,27,30H,3-7,12-14H2,1H3/q+1/p+1. The molecule has 2 unspecified atom stereocenters. The molecule has 3 heterocycles. The number of benzene rings is 2. The highest BCUT2D eigenvalue weighted by atomic mass is 32.2. The van der Waals surface area contributed by atoms with Crippen molar-refractivity contribution in [1.29, 1.82) is 5.26 Å². The fourth-order valence-corrected chi connectivity index (χ4v) is 10.3. The van der Waals surface area contributed by atoms with Crippen molar-refractivity contribution < 1.29 is 30.2 Å². The maximum atomic E-state index is 13.5. The van der Waals surface area contributed by atoms with Crippen LogP contribution in [0, 0.1) is 17.9 Å². The SMILES string of the molecule is [C-]#[N+]c1ccc2c(c1)[N+]1(CCCC1S(=O)(=O)ONCC)C(=Cc1sc3ccc(C#N)cc3[n+]1CCCCS(=O)(=O)O)S2. The van der Waals surface area contributed by atoms with Crippen LogP contribution in [0.15, 0.2) is 46.3 Å². The Kier molecular flexibility index (Phi) is 8.76. The molecule has 1 fully saturated rings. The first-order chi connectivity index (χ1) is 20.0. The largest absolute Gasteiger partial charge is 0.338 e. The Labute approximate surface area is 253 Å². The van der Waals surface area contributed by atoms with E-state index >= 15 is 0 Å². The molecule has 1 saturated heterocycles. The Morgan fingerprint density at radius 3 is 2.79 bits per heavy atom. The second-order valence-corrected chi connectivity index (χ2v) is 15.4. The molecule has 220 valence electrons. The summed E-state index contributed by atoms with van der Waals surface area (Å²) in [6, 6.07) is 12.9. The molecular weight excluding hydrogens is 619 g/mol. The van der Waals surface area contributed by atoms with Crippen LogP contribution in [0.5, 0.6) is 0 Å². The van der Waals surface area contributed by atoms with Crippen molar-refractivity contribution in [3.8, 4) is 6.07 Å². The summed E-state index contributed by atoms with van der Waals surface area (Å²) in [5, 5.41) is 10.2. The number of quaternary nitrogens is 1. The molecule has 3 aromatic rings. The number of rotatable bonds is 10. The average molecular weight is 648 g/mol. The van der Waals surface area contributed by atoms with Crippen LogP contribution in [-0.4, -0.2) is 45.6 Å². The van der Waals surface area contributed by atoms with E-state index in [4.69, 9.17) is 10.9 Å². The van der Waals surface area contributed by atoms with Gasteiger partial charge in [0, 0.05) is 37.9 Å². The fraction of sp³-hybridized carbons (Fsp3) is 0.370. The van der Waals surface area contributed by atoms with Gasteiger partial charge in [-0.2, -0.15) is 36.4 Å². The van der Waals surface area contributed by atoms with Crippen LogP contribution in [0.2, 0.25) is 0 Å². The molecule has 5 rings (SSSR count). The van der Waals surface area contributed by atoms with Gasteiger partial charge in [0.05, 0.1) is 41.5 Å². The van der Waals surface area contributed by atoms with E-state index in [-0.39, 0.29) is 16.7 Å².